The van der Waals surface area contributed by atoms with Gasteiger partial charge in [-0.1, -0.05) is 40.8 Å². The summed E-state index contributed by atoms with van der Waals surface area (Å²) in [5.41, 5.74) is 1.93. The smallest absolute Gasteiger partial charge is 0.333 e. The highest BCUT2D eigenvalue weighted by Crippen LogP contribution is 2.57. The predicted octanol–water partition coefficient (Wildman–Crippen LogP) is 4.40. The SMILES string of the molecule is COCCOCCOCCOCCOCCOCCOCCOCCOCCOCCOCCOCCOCCOCCOCCOCCOCCOCCOCCOCCOCCOCCOCCCN(CCCCCC(=O)ON1C(=O)CCC1=O)C(=O)COC1=CC(SOOO)=C2C=CC3=C(SOOO)C=C(S(=O)(=O)O)C4=CC=C1C2C43. The summed E-state index contributed by atoms with van der Waals surface area (Å²) >= 11 is 1.15. The lowest BCUT2D eigenvalue weighted by Gasteiger charge is -2.43. The average molecular weight is 1770 g/mol. The number of unbranched alkanes of at least 4 members (excludes halogenated alkanes) is 2. The molecule has 5 rings (SSSR count). The number of carbonyl (C=O) groups is 4. The monoisotopic (exact) mass is 1770 g/mol. The summed E-state index contributed by atoms with van der Waals surface area (Å²) in [6.07, 6.45) is 11.0. The van der Waals surface area contributed by atoms with Gasteiger partial charge >= 0.3 is 5.97 Å². The first-order valence-electron chi connectivity index (χ1n) is 39.9. The number of ether oxygens (including phenoxy) is 24. The van der Waals surface area contributed by atoms with Crippen LogP contribution >= 0.6 is 24.1 Å². The summed E-state index contributed by atoms with van der Waals surface area (Å²) in [5, 5.41) is 26.2. The van der Waals surface area contributed by atoms with E-state index in [2.05, 4.69) is 14.4 Å². The van der Waals surface area contributed by atoms with Crippen LogP contribution in [0.3, 0.4) is 0 Å². The van der Waals surface area contributed by atoms with Crippen LogP contribution in [-0.2, 0) is 167 Å². The molecule has 0 aromatic carbocycles. The number of allylic oxidation sites excluding steroid dienone is 10. The average Bonchev–Trinajstić information content (AvgIpc) is 1.01. The summed E-state index contributed by atoms with van der Waals surface area (Å²) in [6.45, 7) is 20.3. The van der Waals surface area contributed by atoms with Crippen LogP contribution in [0.15, 0.2) is 79.2 Å². The number of hydroxylamine groups is 2. The zero-order valence-corrected chi connectivity index (χ0v) is 70.7. The van der Waals surface area contributed by atoms with E-state index >= 15 is 0 Å². The Morgan fingerprint density at radius 2 is 0.697 bits per heavy atom. The van der Waals surface area contributed by atoms with Crippen molar-refractivity contribution in [2.45, 2.75) is 44.9 Å². The molecule has 0 saturated carbocycles. The zero-order valence-electron chi connectivity index (χ0n) is 68.3. The first-order chi connectivity index (χ1) is 58.5. The Hall–Kier alpha value is -4.49. The molecule has 119 heavy (non-hydrogen) atoms. The summed E-state index contributed by atoms with van der Waals surface area (Å²) < 4.78 is 178. The number of nitrogens with zero attached hydrogens (tertiary/aromatic N) is 2. The van der Waals surface area contributed by atoms with Gasteiger partial charge in [0.1, 0.15) is 5.76 Å². The maximum absolute atomic E-state index is 14.1. The minimum absolute atomic E-state index is 0.0254. The minimum Gasteiger partial charge on any atom is -0.483 e. The van der Waals surface area contributed by atoms with Gasteiger partial charge in [0.2, 0.25) is 0 Å². The highest BCUT2D eigenvalue weighted by atomic mass is 32.2. The van der Waals surface area contributed by atoms with E-state index in [1.807, 2.05) is 0 Å². The molecule has 0 radical (unpaired) electrons. The lowest BCUT2D eigenvalue weighted by Crippen LogP contribution is -2.37. The van der Waals surface area contributed by atoms with Crippen molar-refractivity contribution in [1.29, 1.82) is 0 Å². The number of rotatable bonds is 87. The molecule has 2 atom stereocenters. The number of carbonyl (C=O) groups excluding carboxylic acids is 4. The molecule has 2 unspecified atom stereocenters. The summed E-state index contributed by atoms with van der Waals surface area (Å²) in [6, 6.07) is 0. The Kier molecular flexibility index (Phi) is 63.3. The Labute approximate surface area is 704 Å². The van der Waals surface area contributed by atoms with Gasteiger partial charge in [-0.2, -0.15) is 8.42 Å². The van der Waals surface area contributed by atoms with E-state index in [4.69, 9.17) is 133 Å². The van der Waals surface area contributed by atoms with Gasteiger partial charge in [-0.15, -0.1) is 13.7 Å². The van der Waals surface area contributed by atoms with Crippen LogP contribution in [0.5, 0.6) is 0 Å². The molecule has 1 aliphatic heterocycles. The number of methoxy groups -OCH3 is 1. The van der Waals surface area contributed by atoms with Gasteiger partial charge in [0.05, 0.1) is 320 Å². The van der Waals surface area contributed by atoms with Crippen molar-refractivity contribution in [2.24, 2.45) is 11.8 Å². The minimum atomic E-state index is -4.79. The summed E-state index contributed by atoms with van der Waals surface area (Å²) in [4.78, 5) is 57.1. The fourth-order valence-electron chi connectivity index (χ4n) is 11.3. The number of hydrogen-bond acceptors (Lipinski definition) is 39. The van der Waals surface area contributed by atoms with Gasteiger partial charge in [-0.3, -0.25) is 18.9 Å². The molecule has 40 nitrogen and oxygen atoms in total. The normalized spacial score (nSPS) is 15.8. The molecule has 684 valence electrons. The molecule has 1 heterocycles. The third-order valence-corrected chi connectivity index (χ3v) is 19.2. The highest BCUT2D eigenvalue weighted by molar-refractivity contribution is 7.99. The Bertz CT molecular complexity index is 3020. The molecular weight excluding hydrogens is 1650 g/mol. The lowest BCUT2D eigenvalue weighted by atomic mass is 9.64. The van der Waals surface area contributed by atoms with E-state index in [9.17, 15) is 32.1 Å². The van der Waals surface area contributed by atoms with Crippen molar-refractivity contribution in [3.63, 3.8) is 0 Å². The van der Waals surface area contributed by atoms with Crippen LogP contribution in [0, 0.1) is 11.8 Å². The van der Waals surface area contributed by atoms with E-state index < -0.39 is 57.2 Å². The second-order valence-corrected chi connectivity index (χ2v) is 28.3. The standard InChI is InChI=1S/C76H124N2O38S3/c1-88-16-17-90-20-21-92-24-25-94-28-29-96-32-33-98-36-37-100-40-41-102-44-45-104-48-49-106-52-53-108-56-57-110-59-58-109-55-54-107-51-50-105-47-46-103-43-42-101-39-38-99-35-34-97-31-30-95-27-26-93-23-22-91-19-18-89-15-5-14-77(13-4-2-3-6-74(82)112-78-71(79)11-12-72(78)80)73(81)62-111-67-60-68(117-115-113-83)64-8-9-65-69(118-116-114-84)61-70(119(85,86)87)66-10-7-63(67)75(64)76(65)66/h7-10,60-61,75-76,83-84H,2-6,11-59,62H2,1H3,(H,85,86,87). The van der Waals surface area contributed by atoms with E-state index in [1.165, 1.54) is 12.2 Å². The van der Waals surface area contributed by atoms with Crippen LogP contribution in [-0.4, -0.2) is 381 Å². The Morgan fingerprint density at radius 3 is 1.02 bits per heavy atom. The van der Waals surface area contributed by atoms with Crippen LogP contribution in [0.4, 0.5) is 0 Å². The number of imide groups is 1. The first kappa shape index (κ1) is 105. The fourth-order valence-corrected chi connectivity index (χ4v) is 13.2. The predicted molar refractivity (Wildman–Crippen MR) is 422 cm³/mol. The van der Waals surface area contributed by atoms with Crippen molar-refractivity contribution in [3.8, 4) is 0 Å². The Balaban J connectivity index is 0.734. The first-order valence-corrected chi connectivity index (χ1v) is 42.9. The molecule has 4 aliphatic carbocycles. The topological polar surface area (TPSA) is 437 Å². The summed E-state index contributed by atoms with van der Waals surface area (Å²) in [7, 11) is -3.16. The number of amides is 3. The number of hydrogen-bond donors (Lipinski definition) is 3. The molecule has 0 spiro atoms. The van der Waals surface area contributed by atoms with Gasteiger partial charge in [0, 0.05) is 73.3 Å². The molecular formula is C76H124N2O38S3. The third kappa shape index (κ3) is 49.7. The second-order valence-electron chi connectivity index (χ2n) is 25.5. The van der Waals surface area contributed by atoms with Crippen molar-refractivity contribution in [1.82, 2.24) is 9.96 Å². The highest BCUT2D eigenvalue weighted by Gasteiger charge is 2.47. The van der Waals surface area contributed by atoms with Crippen molar-refractivity contribution < 1.29 is 180 Å². The molecule has 1 fully saturated rings. The molecule has 0 aromatic rings. The second kappa shape index (κ2) is 71.8. The van der Waals surface area contributed by atoms with E-state index in [0.717, 1.165) is 0 Å². The van der Waals surface area contributed by atoms with Crippen LogP contribution in [0.2, 0.25) is 0 Å². The van der Waals surface area contributed by atoms with Crippen molar-refractivity contribution >= 4 is 57.9 Å². The fraction of sp³-hybridized carbons (Fsp3) is 0.763. The largest absolute Gasteiger partial charge is 0.483 e. The zero-order chi connectivity index (χ0) is 84.8. The molecule has 0 aromatic heterocycles. The van der Waals surface area contributed by atoms with Crippen LogP contribution in [0.1, 0.15) is 44.9 Å². The maximum Gasteiger partial charge on any atom is 0.333 e. The third-order valence-electron chi connectivity index (χ3n) is 17.0. The molecule has 3 amide bonds. The quantitative estimate of drug-likeness (QED) is 0.0190. The van der Waals surface area contributed by atoms with Gasteiger partial charge in [0.25, 0.3) is 27.8 Å². The molecule has 3 N–H and O–H groups in total. The van der Waals surface area contributed by atoms with Gasteiger partial charge in [0.15, 0.2) is 6.61 Å². The van der Waals surface area contributed by atoms with Crippen molar-refractivity contribution in [3.05, 3.63) is 79.2 Å². The molecule has 1 saturated heterocycles. The molecule has 5 aliphatic rings. The van der Waals surface area contributed by atoms with Gasteiger partial charge < -0.3 is 123 Å². The van der Waals surface area contributed by atoms with E-state index in [1.54, 1.807) is 36.3 Å². The van der Waals surface area contributed by atoms with Gasteiger partial charge in [-0.05, 0) is 48.1 Å². The Morgan fingerprint density at radius 1 is 0.403 bits per heavy atom. The van der Waals surface area contributed by atoms with Crippen molar-refractivity contribution in [2.75, 3.05) is 324 Å². The summed E-state index contributed by atoms with van der Waals surface area (Å²) in [5.74, 6) is -3.51. The molecule has 0 bridgehead atoms. The molecule has 43 heteroatoms. The van der Waals surface area contributed by atoms with E-state index in [0.29, 0.717) is 361 Å². The maximum atomic E-state index is 14.1. The van der Waals surface area contributed by atoms with E-state index in [-0.39, 0.29) is 61.8 Å². The lowest BCUT2D eigenvalue weighted by molar-refractivity contribution is -0.431. The van der Waals surface area contributed by atoms with Gasteiger partial charge in [-0.25, -0.2) is 15.3 Å². The van der Waals surface area contributed by atoms with Crippen LogP contribution in [0.25, 0.3) is 0 Å². The van der Waals surface area contributed by atoms with Crippen LogP contribution < -0.4 is 0 Å².